The fourth-order valence-electron chi connectivity index (χ4n) is 1.51. The second-order valence-corrected chi connectivity index (χ2v) is 3.27. The van der Waals surface area contributed by atoms with E-state index in [0.717, 1.165) is 19.6 Å². The van der Waals surface area contributed by atoms with Gasteiger partial charge in [-0.05, 0) is 32.7 Å². The van der Waals surface area contributed by atoms with Crippen molar-refractivity contribution in [3.05, 3.63) is 0 Å². The normalized spacial score (nSPS) is 16.0. The quantitative estimate of drug-likeness (QED) is 0.595. The molecule has 0 amide bonds. The van der Waals surface area contributed by atoms with Crippen LogP contribution in [0.2, 0.25) is 0 Å². The van der Waals surface area contributed by atoms with Crippen LogP contribution in [-0.4, -0.2) is 26.3 Å². The lowest BCUT2D eigenvalue weighted by Crippen LogP contribution is -2.31. The van der Waals surface area contributed by atoms with Crippen LogP contribution in [0.5, 0.6) is 0 Å². The Morgan fingerprint density at radius 3 is 2.42 bits per heavy atom. The van der Waals surface area contributed by atoms with Crippen LogP contribution in [-0.2, 0) is 4.74 Å². The minimum Gasteiger partial charge on any atom is -0.382 e. The molecule has 2 atom stereocenters. The van der Waals surface area contributed by atoms with E-state index in [9.17, 15) is 0 Å². The molecular weight excluding hydrogens is 150 g/mol. The first-order valence-corrected chi connectivity index (χ1v) is 5.01. The molecule has 2 nitrogen and oxygen atoms in total. The molecule has 0 radical (unpaired) electrons. The SMILES string of the molecule is CCOCCC(C)C(CC)NC. The van der Waals surface area contributed by atoms with Gasteiger partial charge in [0, 0.05) is 19.3 Å². The Bertz CT molecular complexity index is 91.8. The first-order chi connectivity index (χ1) is 5.76. The summed E-state index contributed by atoms with van der Waals surface area (Å²) < 4.78 is 5.32. The zero-order valence-corrected chi connectivity index (χ0v) is 8.89. The van der Waals surface area contributed by atoms with Crippen molar-refractivity contribution in [2.24, 2.45) is 5.92 Å². The second kappa shape index (κ2) is 7.56. The minimum absolute atomic E-state index is 0.644. The highest BCUT2D eigenvalue weighted by Crippen LogP contribution is 2.10. The van der Waals surface area contributed by atoms with E-state index in [1.807, 2.05) is 14.0 Å². The van der Waals surface area contributed by atoms with Gasteiger partial charge in [-0.2, -0.15) is 0 Å². The van der Waals surface area contributed by atoms with Gasteiger partial charge in [0.1, 0.15) is 0 Å². The molecule has 0 aliphatic heterocycles. The van der Waals surface area contributed by atoms with Crippen molar-refractivity contribution in [3.8, 4) is 0 Å². The monoisotopic (exact) mass is 173 g/mol. The molecule has 0 spiro atoms. The second-order valence-electron chi connectivity index (χ2n) is 3.27. The lowest BCUT2D eigenvalue weighted by atomic mass is 9.97. The lowest BCUT2D eigenvalue weighted by Gasteiger charge is -2.21. The minimum atomic E-state index is 0.644. The summed E-state index contributed by atoms with van der Waals surface area (Å²) in [6, 6.07) is 0.644. The highest BCUT2D eigenvalue weighted by atomic mass is 16.5. The van der Waals surface area contributed by atoms with E-state index >= 15 is 0 Å². The van der Waals surface area contributed by atoms with E-state index in [1.54, 1.807) is 0 Å². The number of rotatable bonds is 7. The average molecular weight is 173 g/mol. The standard InChI is InChI=1S/C10H23NO/c1-5-10(11-4)9(3)7-8-12-6-2/h9-11H,5-8H2,1-4H3. The summed E-state index contributed by atoms with van der Waals surface area (Å²) >= 11 is 0. The fraction of sp³-hybridized carbons (Fsp3) is 1.00. The molecule has 2 heteroatoms. The van der Waals surface area contributed by atoms with Crippen molar-refractivity contribution in [3.63, 3.8) is 0 Å². The predicted molar refractivity (Wildman–Crippen MR) is 53.4 cm³/mol. The molecule has 0 aliphatic rings. The summed E-state index contributed by atoms with van der Waals surface area (Å²) in [6.07, 6.45) is 2.36. The van der Waals surface area contributed by atoms with E-state index in [-0.39, 0.29) is 0 Å². The maximum Gasteiger partial charge on any atom is 0.0469 e. The zero-order valence-electron chi connectivity index (χ0n) is 8.89. The summed E-state index contributed by atoms with van der Waals surface area (Å²) in [5.74, 6) is 0.714. The van der Waals surface area contributed by atoms with Gasteiger partial charge in [-0.3, -0.25) is 0 Å². The Morgan fingerprint density at radius 2 is 2.00 bits per heavy atom. The Labute approximate surface area is 76.7 Å². The number of hydrogen-bond donors (Lipinski definition) is 1. The highest BCUT2D eigenvalue weighted by Gasteiger charge is 2.12. The fourth-order valence-corrected chi connectivity index (χ4v) is 1.51. The van der Waals surface area contributed by atoms with Crippen LogP contribution >= 0.6 is 0 Å². The molecule has 0 aromatic carbocycles. The van der Waals surface area contributed by atoms with Gasteiger partial charge in [-0.1, -0.05) is 13.8 Å². The van der Waals surface area contributed by atoms with Gasteiger partial charge in [-0.25, -0.2) is 0 Å². The predicted octanol–water partition coefficient (Wildman–Crippen LogP) is 2.05. The van der Waals surface area contributed by atoms with Crippen molar-refractivity contribution < 1.29 is 4.74 Å². The van der Waals surface area contributed by atoms with Gasteiger partial charge in [-0.15, -0.1) is 0 Å². The molecule has 0 fully saturated rings. The maximum absolute atomic E-state index is 5.32. The largest absolute Gasteiger partial charge is 0.382 e. The topological polar surface area (TPSA) is 21.3 Å². The van der Waals surface area contributed by atoms with Crippen molar-refractivity contribution in [1.29, 1.82) is 0 Å². The van der Waals surface area contributed by atoms with Crippen molar-refractivity contribution in [2.75, 3.05) is 20.3 Å². The molecule has 1 N–H and O–H groups in total. The van der Waals surface area contributed by atoms with Gasteiger partial charge in [0.05, 0.1) is 0 Å². The van der Waals surface area contributed by atoms with E-state index in [1.165, 1.54) is 6.42 Å². The average Bonchev–Trinajstić information content (AvgIpc) is 2.07. The summed E-state index contributed by atoms with van der Waals surface area (Å²) in [4.78, 5) is 0. The molecule has 2 unspecified atom stereocenters. The van der Waals surface area contributed by atoms with E-state index < -0.39 is 0 Å². The lowest BCUT2D eigenvalue weighted by molar-refractivity contribution is 0.128. The van der Waals surface area contributed by atoms with Crippen molar-refractivity contribution >= 4 is 0 Å². The van der Waals surface area contributed by atoms with E-state index in [4.69, 9.17) is 4.74 Å². The smallest absolute Gasteiger partial charge is 0.0469 e. The summed E-state index contributed by atoms with van der Waals surface area (Å²) in [5.41, 5.74) is 0. The Morgan fingerprint density at radius 1 is 1.33 bits per heavy atom. The number of nitrogens with one attached hydrogen (secondary N) is 1. The summed E-state index contributed by atoms with van der Waals surface area (Å²) in [7, 11) is 2.03. The van der Waals surface area contributed by atoms with Gasteiger partial charge in [0.2, 0.25) is 0 Å². The molecule has 0 aromatic rings. The van der Waals surface area contributed by atoms with Crippen LogP contribution in [0.3, 0.4) is 0 Å². The zero-order chi connectivity index (χ0) is 9.40. The third kappa shape index (κ3) is 4.73. The molecule has 12 heavy (non-hydrogen) atoms. The molecule has 0 aromatic heterocycles. The molecule has 0 heterocycles. The molecule has 0 rings (SSSR count). The van der Waals surface area contributed by atoms with Crippen LogP contribution in [0, 0.1) is 5.92 Å². The Kier molecular flexibility index (Phi) is 7.51. The van der Waals surface area contributed by atoms with Gasteiger partial charge >= 0.3 is 0 Å². The highest BCUT2D eigenvalue weighted by molar-refractivity contribution is 4.69. The van der Waals surface area contributed by atoms with Crippen molar-refractivity contribution in [2.45, 2.75) is 39.7 Å². The van der Waals surface area contributed by atoms with E-state index in [0.29, 0.717) is 12.0 Å². The molecular formula is C10H23NO. The number of ether oxygens (including phenoxy) is 1. The van der Waals surface area contributed by atoms with Crippen LogP contribution in [0.15, 0.2) is 0 Å². The van der Waals surface area contributed by atoms with Crippen LogP contribution in [0.4, 0.5) is 0 Å². The number of hydrogen-bond acceptors (Lipinski definition) is 2. The maximum atomic E-state index is 5.32. The van der Waals surface area contributed by atoms with E-state index in [2.05, 4.69) is 19.2 Å². The molecule has 0 aliphatic carbocycles. The van der Waals surface area contributed by atoms with Gasteiger partial charge in [0.25, 0.3) is 0 Å². The Hall–Kier alpha value is -0.0800. The first kappa shape index (κ1) is 11.9. The van der Waals surface area contributed by atoms with Crippen LogP contribution in [0.25, 0.3) is 0 Å². The Balaban J connectivity index is 3.47. The van der Waals surface area contributed by atoms with Gasteiger partial charge < -0.3 is 10.1 Å². The van der Waals surface area contributed by atoms with Crippen molar-refractivity contribution in [1.82, 2.24) is 5.32 Å². The van der Waals surface area contributed by atoms with Crippen LogP contribution in [0.1, 0.15) is 33.6 Å². The molecule has 0 saturated heterocycles. The third-order valence-corrected chi connectivity index (χ3v) is 2.42. The summed E-state index contributed by atoms with van der Waals surface area (Å²) in [5, 5.41) is 3.32. The van der Waals surface area contributed by atoms with Crippen LogP contribution < -0.4 is 5.32 Å². The molecule has 0 saturated carbocycles. The molecule has 0 bridgehead atoms. The third-order valence-electron chi connectivity index (χ3n) is 2.42. The molecule has 74 valence electrons. The summed E-state index contributed by atoms with van der Waals surface area (Å²) in [6.45, 7) is 8.28. The first-order valence-electron chi connectivity index (χ1n) is 5.01. The van der Waals surface area contributed by atoms with Gasteiger partial charge in [0.15, 0.2) is 0 Å².